The van der Waals surface area contributed by atoms with E-state index in [-0.39, 0.29) is 4.90 Å². The summed E-state index contributed by atoms with van der Waals surface area (Å²) < 4.78 is 27.5. The second kappa shape index (κ2) is 6.07. The number of anilines is 1. The lowest BCUT2D eigenvalue weighted by Gasteiger charge is -2.13. The van der Waals surface area contributed by atoms with Crippen LogP contribution < -0.4 is 4.72 Å². The van der Waals surface area contributed by atoms with E-state index in [0.717, 1.165) is 16.2 Å². The molecule has 4 nitrogen and oxygen atoms in total. The predicted molar refractivity (Wildman–Crippen MR) is 87.5 cm³/mol. The van der Waals surface area contributed by atoms with E-state index in [4.69, 9.17) is 0 Å². The third-order valence-electron chi connectivity index (χ3n) is 3.13. The molecular weight excluding hydrogens is 304 g/mol. The highest BCUT2D eigenvalue weighted by Gasteiger charge is 2.17. The quantitative estimate of drug-likeness (QED) is 0.875. The molecule has 1 aromatic heterocycles. The van der Waals surface area contributed by atoms with Crippen LogP contribution in [-0.4, -0.2) is 19.7 Å². The van der Waals surface area contributed by atoms with E-state index in [1.807, 2.05) is 26.2 Å². The summed E-state index contributed by atoms with van der Waals surface area (Å²) in [6.45, 7) is 5.56. The lowest BCUT2D eigenvalue weighted by molar-refractivity contribution is 0.601. The van der Waals surface area contributed by atoms with E-state index >= 15 is 0 Å². The number of aromatic nitrogens is 1. The van der Waals surface area contributed by atoms with Gasteiger partial charge in [-0.1, -0.05) is 0 Å². The van der Waals surface area contributed by atoms with E-state index in [9.17, 15) is 8.42 Å². The Balaban J connectivity index is 2.37. The van der Waals surface area contributed by atoms with Crippen molar-refractivity contribution in [2.75, 3.05) is 11.0 Å². The van der Waals surface area contributed by atoms with Crippen LogP contribution in [0.1, 0.15) is 17.0 Å². The first-order valence-electron chi connectivity index (χ1n) is 6.45. The maximum absolute atomic E-state index is 12.4. The van der Waals surface area contributed by atoms with Crippen LogP contribution in [0.5, 0.6) is 0 Å². The molecule has 0 spiro atoms. The number of rotatable bonds is 4. The lowest BCUT2D eigenvalue weighted by Crippen LogP contribution is -2.15. The summed E-state index contributed by atoms with van der Waals surface area (Å²) >= 11 is 1.57. The summed E-state index contributed by atoms with van der Waals surface area (Å²) in [7, 11) is -3.60. The third-order valence-corrected chi connectivity index (χ3v) is 5.24. The first-order chi connectivity index (χ1) is 9.83. The van der Waals surface area contributed by atoms with Crippen LogP contribution in [0.3, 0.4) is 0 Å². The molecule has 112 valence electrons. The minimum atomic E-state index is -3.60. The number of hydrogen-bond acceptors (Lipinski definition) is 4. The van der Waals surface area contributed by atoms with Crippen LogP contribution in [0.25, 0.3) is 0 Å². The Labute approximate surface area is 130 Å². The van der Waals surface area contributed by atoms with Gasteiger partial charge in [0.25, 0.3) is 10.0 Å². The van der Waals surface area contributed by atoms with Crippen molar-refractivity contribution in [2.45, 2.75) is 30.6 Å². The van der Waals surface area contributed by atoms with Crippen molar-refractivity contribution in [3.05, 3.63) is 47.3 Å². The second-order valence-electron chi connectivity index (χ2n) is 4.82. The zero-order chi connectivity index (χ0) is 15.6. The molecule has 0 saturated carbocycles. The Hall–Kier alpha value is -1.53. The number of thioether (sulfide) groups is 1. The van der Waals surface area contributed by atoms with Crippen molar-refractivity contribution in [2.24, 2.45) is 0 Å². The molecular formula is C15H18N2O2S2. The number of nitrogens with zero attached hydrogens (tertiary/aromatic N) is 1. The molecule has 0 radical (unpaired) electrons. The fourth-order valence-corrected chi connectivity index (χ4v) is 3.72. The van der Waals surface area contributed by atoms with Crippen molar-refractivity contribution in [1.29, 1.82) is 0 Å². The Morgan fingerprint density at radius 1 is 1.10 bits per heavy atom. The van der Waals surface area contributed by atoms with Crippen molar-refractivity contribution in [3.8, 4) is 0 Å². The minimum absolute atomic E-state index is 0.250. The van der Waals surface area contributed by atoms with Crippen molar-refractivity contribution < 1.29 is 8.42 Å². The predicted octanol–water partition coefficient (Wildman–Crippen LogP) is 3.53. The number of pyridine rings is 1. The number of hydrogen-bond donors (Lipinski definition) is 1. The lowest BCUT2D eigenvalue weighted by atomic mass is 10.2. The maximum atomic E-state index is 12.4. The standard InChI is InChI=1S/C15H18N2O2S2/c1-10-9-11(2)16-12(3)15(10)17-21(18,19)14-7-5-13(20-4)6-8-14/h5-9,17H,1-4H3. The highest BCUT2D eigenvalue weighted by molar-refractivity contribution is 7.98. The third kappa shape index (κ3) is 3.57. The molecule has 0 unspecified atom stereocenters. The SMILES string of the molecule is CSc1ccc(S(=O)(=O)Nc2c(C)cc(C)nc2C)cc1. The molecule has 6 heteroatoms. The summed E-state index contributed by atoms with van der Waals surface area (Å²) in [5.41, 5.74) is 2.97. The molecule has 0 aliphatic heterocycles. The van der Waals surface area contributed by atoms with Gasteiger partial charge in [0.05, 0.1) is 16.3 Å². The molecule has 1 N–H and O–H groups in total. The van der Waals surface area contributed by atoms with Gasteiger partial charge in [-0.05, 0) is 62.9 Å². The Morgan fingerprint density at radius 2 is 1.71 bits per heavy atom. The molecule has 0 amide bonds. The molecule has 0 aliphatic carbocycles. The molecule has 0 saturated heterocycles. The number of benzene rings is 1. The average molecular weight is 322 g/mol. The Kier molecular flexibility index (Phi) is 4.58. The molecule has 0 fully saturated rings. The summed E-state index contributed by atoms with van der Waals surface area (Å²) in [5, 5.41) is 0. The fourth-order valence-electron chi connectivity index (χ4n) is 2.13. The zero-order valence-corrected chi connectivity index (χ0v) is 14.1. The van der Waals surface area contributed by atoms with Gasteiger partial charge in [-0.15, -0.1) is 11.8 Å². The van der Waals surface area contributed by atoms with Gasteiger partial charge < -0.3 is 0 Å². The minimum Gasteiger partial charge on any atom is -0.278 e. The molecule has 2 rings (SSSR count). The van der Waals surface area contributed by atoms with Gasteiger partial charge in [0, 0.05) is 10.6 Å². The van der Waals surface area contributed by atoms with E-state index in [0.29, 0.717) is 11.4 Å². The second-order valence-corrected chi connectivity index (χ2v) is 7.38. The van der Waals surface area contributed by atoms with Gasteiger partial charge in [0.2, 0.25) is 0 Å². The van der Waals surface area contributed by atoms with Crippen LogP contribution in [0.15, 0.2) is 40.1 Å². The average Bonchev–Trinajstić information content (AvgIpc) is 2.43. The Morgan fingerprint density at radius 3 is 2.24 bits per heavy atom. The molecule has 0 atom stereocenters. The highest BCUT2D eigenvalue weighted by Crippen LogP contribution is 2.24. The molecule has 1 heterocycles. The van der Waals surface area contributed by atoms with Gasteiger partial charge in [-0.2, -0.15) is 0 Å². The normalized spacial score (nSPS) is 11.4. The summed E-state index contributed by atoms with van der Waals surface area (Å²) in [4.78, 5) is 5.59. The summed E-state index contributed by atoms with van der Waals surface area (Å²) in [5.74, 6) is 0. The molecule has 0 aliphatic rings. The molecule has 21 heavy (non-hydrogen) atoms. The summed E-state index contributed by atoms with van der Waals surface area (Å²) in [6, 6.07) is 8.68. The zero-order valence-electron chi connectivity index (χ0n) is 12.5. The van der Waals surface area contributed by atoms with Crippen LogP contribution in [0.4, 0.5) is 5.69 Å². The number of aryl methyl sites for hydroxylation is 3. The smallest absolute Gasteiger partial charge is 0.261 e. The molecule has 0 bridgehead atoms. The van der Waals surface area contributed by atoms with E-state index < -0.39 is 10.0 Å². The van der Waals surface area contributed by atoms with E-state index in [2.05, 4.69) is 9.71 Å². The monoisotopic (exact) mass is 322 g/mol. The molecule has 1 aromatic carbocycles. The van der Waals surface area contributed by atoms with Crippen LogP contribution in [-0.2, 0) is 10.0 Å². The van der Waals surface area contributed by atoms with Gasteiger partial charge in [-0.25, -0.2) is 8.42 Å². The van der Waals surface area contributed by atoms with E-state index in [1.165, 1.54) is 0 Å². The first-order valence-corrected chi connectivity index (χ1v) is 9.16. The largest absolute Gasteiger partial charge is 0.278 e. The fraction of sp³-hybridized carbons (Fsp3) is 0.267. The van der Waals surface area contributed by atoms with Crippen LogP contribution in [0, 0.1) is 20.8 Å². The van der Waals surface area contributed by atoms with Gasteiger partial charge >= 0.3 is 0 Å². The molecule has 2 aromatic rings. The van der Waals surface area contributed by atoms with E-state index in [1.54, 1.807) is 43.0 Å². The first kappa shape index (κ1) is 15.9. The van der Waals surface area contributed by atoms with Crippen molar-refractivity contribution in [3.63, 3.8) is 0 Å². The van der Waals surface area contributed by atoms with Crippen LogP contribution >= 0.6 is 11.8 Å². The topological polar surface area (TPSA) is 59.1 Å². The van der Waals surface area contributed by atoms with Crippen molar-refractivity contribution >= 4 is 27.5 Å². The highest BCUT2D eigenvalue weighted by atomic mass is 32.2. The van der Waals surface area contributed by atoms with Gasteiger partial charge in [-0.3, -0.25) is 9.71 Å². The maximum Gasteiger partial charge on any atom is 0.261 e. The summed E-state index contributed by atoms with van der Waals surface area (Å²) in [6.07, 6.45) is 1.95. The van der Waals surface area contributed by atoms with Gasteiger partial charge in [0.1, 0.15) is 0 Å². The number of nitrogens with one attached hydrogen (secondary N) is 1. The number of sulfonamides is 1. The van der Waals surface area contributed by atoms with Crippen molar-refractivity contribution in [1.82, 2.24) is 4.98 Å². The van der Waals surface area contributed by atoms with Crippen LogP contribution in [0.2, 0.25) is 0 Å². The Bertz CT molecular complexity index is 731. The van der Waals surface area contributed by atoms with Gasteiger partial charge in [0.15, 0.2) is 0 Å².